The van der Waals surface area contributed by atoms with Gasteiger partial charge in [0.25, 0.3) is 5.91 Å². The van der Waals surface area contributed by atoms with E-state index in [1.54, 1.807) is 18.2 Å². The van der Waals surface area contributed by atoms with Crippen molar-refractivity contribution in [3.8, 4) is 5.75 Å². The van der Waals surface area contributed by atoms with Crippen LogP contribution in [0.4, 0.5) is 5.69 Å². The molecule has 2 aliphatic heterocycles. The number of rotatable bonds is 0. The van der Waals surface area contributed by atoms with E-state index in [4.69, 9.17) is 16.3 Å². The van der Waals surface area contributed by atoms with E-state index in [9.17, 15) is 18.3 Å². The van der Waals surface area contributed by atoms with E-state index in [0.717, 1.165) is 56.4 Å². The Kier molecular flexibility index (Phi) is 8.98. The lowest BCUT2D eigenvalue weighted by atomic mass is 9.68. The van der Waals surface area contributed by atoms with Crippen molar-refractivity contribution in [3.63, 3.8) is 0 Å². The minimum atomic E-state index is -3.82. The lowest BCUT2D eigenvalue weighted by molar-refractivity contribution is 0.000858. The Labute approximate surface area is 243 Å². The summed E-state index contributed by atoms with van der Waals surface area (Å²) < 4.78 is 34.4. The van der Waals surface area contributed by atoms with Crippen LogP contribution in [0.5, 0.6) is 5.75 Å². The van der Waals surface area contributed by atoms with Crippen LogP contribution >= 0.6 is 11.6 Å². The Morgan fingerprint density at radius 2 is 1.85 bits per heavy atom. The second kappa shape index (κ2) is 12.3. The van der Waals surface area contributed by atoms with Gasteiger partial charge in [0.05, 0.1) is 17.5 Å². The number of anilines is 1. The summed E-state index contributed by atoms with van der Waals surface area (Å²) >= 11 is 6.30. The highest BCUT2D eigenvalue weighted by Crippen LogP contribution is 2.42. The normalized spacial score (nSPS) is 29.4. The fourth-order valence-electron chi connectivity index (χ4n) is 6.75. The van der Waals surface area contributed by atoms with Crippen LogP contribution in [0.3, 0.4) is 0 Å². The summed E-state index contributed by atoms with van der Waals surface area (Å²) in [6, 6.07) is 11.1. The monoisotopic (exact) mass is 588 g/mol. The average Bonchev–Trinajstić information content (AvgIpc) is 2.88. The zero-order valence-corrected chi connectivity index (χ0v) is 25.0. The van der Waals surface area contributed by atoms with Crippen molar-refractivity contribution in [2.45, 2.75) is 71.5 Å². The largest absolute Gasteiger partial charge is 0.487 e. The Hall–Kier alpha value is -2.29. The van der Waals surface area contributed by atoms with E-state index >= 15 is 0 Å². The van der Waals surface area contributed by atoms with Crippen molar-refractivity contribution < 1.29 is 23.1 Å². The van der Waals surface area contributed by atoms with Crippen molar-refractivity contribution in [2.24, 2.45) is 23.7 Å². The third kappa shape index (κ3) is 6.94. The molecule has 5 rings (SSSR count). The van der Waals surface area contributed by atoms with E-state index in [-0.39, 0.29) is 29.1 Å². The number of nitrogens with one attached hydrogen (secondary N) is 1. The van der Waals surface area contributed by atoms with Gasteiger partial charge in [-0.2, -0.15) is 0 Å². The van der Waals surface area contributed by atoms with E-state index in [1.165, 1.54) is 5.56 Å². The first-order valence-corrected chi connectivity index (χ1v) is 16.6. The molecule has 3 aliphatic rings. The molecule has 1 fully saturated rings. The Morgan fingerprint density at radius 3 is 2.62 bits per heavy atom. The average molecular weight is 589 g/mol. The molecule has 2 aromatic rings. The SMILES string of the molecule is C[C@@H]1C[C@H](C)CS(=O)(=O)NC(=O)c2ccc3c(c2)N(CCCCc2cc(Cl)ccc2CO3)C[C@@H]2CC[C@H]2[C@@H](O)C1. The standard InChI is InChI=1S/C31H41ClN2O5S/c1-20-13-21(2)19-40(37,38)33-31(36)23-8-11-30-28(16-23)34(17-24-7-10-27(24)29(35)14-20)12-4-3-5-22-15-26(32)9-6-25(22)18-39-30/h6,8-9,11,15-16,20-21,24,27,29,35H,3-5,7,10,12-14,17-19H2,1-2H3,(H,33,36)/t20-,21+,24+,27-,29+/m1/s1. The van der Waals surface area contributed by atoms with Gasteiger partial charge in [0.15, 0.2) is 0 Å². The molecule has 2 N–H and O–H groups in total. The maximum Gasteiger partial charge on any atom is 0.264 e. The van der Waals surface area contributed by atoms with Crippen LogP contribution in [-0.4, -0.2) is 44.4 Å². The molecular weight excluding hydrogens is 548 g/mol. The minimum absolute atomic E-state index is 0.130. The number of carbonyl (C=O) groups is 1. The fourth-order valence-corrected chi connectivity index (χ4v) is 8.31. The molecule has 2 aromatic carbocycles. The highest BCUT2D eigenvalue weighted by molar-refractivity contribution is 7.90. The Morgan fingerprint density at radius 1 is 1.02 bits per heavy atom. The molecule has 1 saturated carbocycles. The molecule has 0 radical (unpaired) electrons. The molecule has 2 heterocycles. The molecule has 1 amide bonds. The van der Waals surface area contributed by atoms with Crippen LogP contribution in [0.2, 0.25) is 5.02 Å². The van der Waals surface area contributed by atoms with Gasteiger partial charge < -0.3 is 14.7 Å². The lowest BCUT2D eigenvalue weighted by Crippen LogP contribution is -2.44. The van der Waals surface area contributed by atoms with Gasteiger partial charge in [-0.05, 0) is 110 Å². The van der Waals surface area contributed by atoms with Gasteiger partial charge in [-0.1, -0.05) is 31.5 Å². The number of sulfonamides is 1. The third-order valence-corrected chi connectivity index (χ3v) is 10.6. The zero-order chi connectivity index (χ0) is 28.4. The molecule has 0 unspecified atom stereocenters. The molecule has 9 heteroatoms. The smallest absolute Gasteiger partial charge is 0.264 e. The second-order valence-corrected chi connectivity index (χ2v) is 14.5. The number of nitrogens with zero attached hydrogens (tertiary/aromatic N) is 1. The van der Waals surface area contributed by atoms with Crippen LogP contribution in [0, 0.1) is 23.7 Å². The predicted molar refractivity (Wildman–Crippen MR) is 158 cm³/mol. The molecular formula is C31H41ClN2O5S. The van der Waals surface area contributed by atoms with Gasteiger partial charge in [0.1, 0.15) is 12.4 Å². The molecule has 7 nitrogen and oxygen atoms in total. The number of aryl methyl sites for hydroxylation is 1. The summed E-state index contributed by atoms with van der Waals surface area (Å²) in [7, 11) is -3.82. The molecule has 1 aliphatic carbocycles. The molecule has 0 spiro atoms. The van der Waals surface area contributed by atoms with Gasteiger partial charge in [-0.3, -0.25) is 4.79 Å². The van der Waals surface area contributed by atoms with Gasteiger partial charge in [0.2, 0.25) is 10.0 Å². The number of halogens is 1. The van der Waals surface area contributed by atoms with E-state index < -0.39 is 22.0 Å². The number of benzene rings is 2. The van der Waals surface area contributed by atoms with Crippen molar-refractivity contribution in [2.75, 3.05) is 23.7 Å². The highest BCUT2D eigenvalue weighted by atomic mass is 35.5. The summed E-state index contributed by atoms with van der Waals surface area (Å²) in [6.45, 7) is 5.86. The Balaban J connectivity index is 1.52. The molecule has 5 atom stereocenters. The summed E-state index contributed by atoms with van der Waals surface area (Å²) in [5.74, 6) is 0.518. The second-order valence-electron chi connectivity index (χ2n) is 12.3. The molecule has 40 heavy (non-hydrogen) atoms. The Bertz CT molecular complexity index is 1330. The maximum atomic E-state index is 13.2. The van der Waals surface area contributed by atoms with Gasteiger partial charge in [-0.15, -0.1) is 0 Å². The van der Waals surface area contributed by atoms with Gasteiger partial charge >= 0.3 is 0 Å². The highest BCUT2D eigenvalue weighted by Gasteiger charge is 2.38. The molecule has 218 valence electrons. The van der Waals surface area contributed by atoms with Crippen molar-refractivity contribution in [1.82, 2.24) is 4.72 Å². The first-order valence-electron chi connectivity index (χ1n) is 14.6. The number of aliphatic hydroxyl groups excluding tert-OH is 1. The number of fused-ring (bicyclic) bond motifs is 3. The zero-order valence-electron chi connectivity index (χ0n) is 23.4. The molecule has 2 bridgehead atoms. The molecule has 0 aromatic heterocycles. The summed E-state index contributed by atoms with van der Waals surface area (Å²) in [5, 5.41) is 11.9. The topological polar surface area (TPSA) is 95.9 Å². The van der Waals surface area contributed by atoms with Crippen LogP contribution in [-0.2, 0) is 23.1 Å². The number of aliphatic hydroxyl groups is 1. The number of ether oxygens (including phenoxy) is 1. The lowest BCUT2D eigenvalue weighted by Gasteiger charge is -2.44. The minimum Gasteiger partial charge on any atom is -0.487 e. The summed E-state index contributed by atoms with van der Waals surface area (Å²) in [5.41, 5.74) is 3.34. The van der Waals surface area contributed by atoms with Crippen LogP contribution in [0.25, 0.3) is 0 Å². The quantitative estimate of drug-likeness (QED) is 0.417. The summed E-state index contributed by atoms with van der Waals surface area (Å²) in [6.07, 6.45) is 5.79. The first-order chi connectivity index (χ1) is 19.1. The number of carbonyl (C=O) groups excluding carboxylic acids is 1. The van der Waals surface area contributed by atoms with Crippen LogP contribution in [0.15, 0.2) is 36.4 Å². The summed E-state index contributed by atoms with van der Waals surface area (Å²) in [4.78, 5) is 15.5. The first kappa shape index (κ1) is 29.2. The predicted octanol–water partition coefficient (Wildman–Crippen LogP) is 5.57. The number of hydrogen-bond acceptors (Lipinski definition) is 6. The van der Waals surface area contributed by atoms with E-state index in [1.807, 2.05) is 25.1 Å². The number of hydrogen-bond donors (Lipinski definition) is 2. The molecule has 0 saturated heterocycles. The van der Waals surface area contributed by atoms with Crippen molar-refractivity contribution >= 4 is 33.2 Å². The van der Waals surface area contributed by atoms with Crippen molar-refractivity contribution in [1.29, 1.82) is 0 Å². The number of amides is 1. The fraction of sp³-hybridized carbons (Fsp3) is 0.581. The van der Waals surface area contributed by atoms with Gasteiger partial charge in [0, 0.05) is 23.7 Å². The van der Waals surface area contributed by atoms with Crippen LogP contribution in [0.1, 0.15) is 73.9 Å². The maximum absolute atomic E-state index is 13.2. The van der Waals surface area contributed by atoms with E-state index in [2.05, 4.69) is 16.5 Å². The third-order valence-electron chi connectivity index (χ3n) is 8.86. The van der Waals surface area contributed by atoms with E-state index in [0.29, 0.717) is 36.1 Å². The van der Waals surface area contributed by atoms with Gasteiger partial charge in [-0.25, -0.2) is 13.1 Å². The van der Waals surface area contributed by atoms with Crippen molar-refractivity contribution in [3.05, 3.63) is 58.1 Å². The van der Waals surface area contributed by atoms with Crippen LogP contribution < -0.4 is 14.4 Å².